The number of likely N-dealkylation sites (tertiary alicyclic amines) is 1. The summed E-state index contributed by atoms with van der Waals surface area (Å²) >= 11 is 17.6. The van der Waals surface area contributed by atoms with Gasteiger partial charge in [0.2, 0.25) is 0 Å². The Hall–Kier alpha value is -0.510. The van der Waals surface area contributed by atoms with Crippen LogP contribution in [0.1, 0.15) is 32.6 Å². The predicted molar refractivity (Wildman–Crippen MR) is 87.3 cm³/mol. The Morgan fingerprint density at radius 1 is 1.42 bits per heavy atom. The smallest absolute Gasteiger partial charge is 0.173 e. The molecule has 0 saturated carbocycles. The van der Waals surface area contributed by atoms with Gasteiger partial charge < -0.3 is 10.2 Å². The number of nitrogens with one attached hydrogen (secondary N) is 1. The largest absolute Gasteiger partial charge is 0.346 e. The second-order valence-corrected chi connectivity index (χ2v) is 6.04. The first kappa shape index (κ1) is 14.9. The molecule has 104 valence electrons. The second-order valence-electron chi connectivity index (χ2n) is 4.81. The van der Waals surface area contributed by atoms with Crippen molar-refractivity contribution in [3.05, 3.63) is 28.2 Å². The van der Waals surface area contributed by atoms with Crippen LogP contribution in [-0.4, -0.2) is 22.6 Å². The molecular formula is C14H18Cl2N2S. The van der Waals surface area contributed by atoms with Crippen LogP contribution in [-0.2, 0) is 0 Å². The molecule has 0 radical (unpaired) electrons. The van der Waals surface area contributed by atoms with Crippen LogP contribution in [0.2, 0.25) is 10.0 Å². The maximum Gasteiger partial charge on any atom is 0.173 e. The van der Waals surface area contributed by atoms with E-state index in [0.717, 1.165) is 23.8 Å². The summed E-state index contributed by atoms with van der Waals surface area (Å²) in [7, 11) is 0. The monoisotopic (exact) mass is 316 g/mol. The van der Waals surface area contributed by atoms with Crippen LogP contribution in [0.3, 0.4) is 0 Å². The standard InChI is InChI=1S/C14H18Cl2N2S/c1-2-11-5-3-4-8-18(11)14(19)17-13-7-6-10(15)9-12(13)16/h6-7,9,11H,2-5,8H2,1H3,(H,17,19)/t11-/m0/s1. The van der Waals surface area contributed by atoms with E-state index in [4.69, 9.17) is 35.4 Å². The summed E-state index contributed by atoms with van der Waals surface area (Å²) in [5, 5.41) is 5.23. The highest BCUT2D eigenvalue weighted by molar-refractivity contribution is 7.80. The maximum absolute atomic E-state index is 6.16. The molecule has 1 saturated heterocycles. The van der Waals surface area contributed by atoms with E-state index in [-0.39, 0.29) is 0 Å². The molecule has 19 heavy (non-hydrogen) atoms. The maximum atomic E-state index is 6.16. The molecule has 1 aliphatic heterocycles. The Kier molecular flexibility index (Phi) is 5.31. The molecule has 2 nitrogen and oxygen atoms in total. The minimum Gasteiger partial charge on any atom is -0.346 e. The van der Waals surface area contributed by atoms with Gasteiger partial charge in [0.15, 0.2) is 5.11 Å². The molecule has 0 aliphatic carbocycles. The summed E-state index contributed by atoms with van der Waals surface area (Å²) < 4.78 is 0. The van der Waals surface area contributed by atoms with E-state index in [0.29, 0.717) is 16.1 Å². The Morgan fingerprint density at radius 3 is 2.89 bits per heavy atom. The van der Waals surface area contributed by atoms with E-state index in [1.54, 1.807) is 6.07 Å². The molecule has 5 heteroatoms. The van der Waals surface area contributed by atoms with Gasteiger partial charge in [0.05, 0.1) is 10.7 Å². The van der Waals surface area contributed by atoms with Gasteiger partial charge in [-0.25, -0.2) is 0 Å². The van der Waals surface area contributed by atoms with Crippen LogP contribution >= 0.6 is 35.4 Å². The van der Waals surface area contributed by atoms with Gasteiger partial charge in [-0.15, -0.1) is 0 Å². The quantitative estimate of drug-likeness (QED) is 0.777. The van der Waals surface area contributed by atoms with Crippen molar-refractivity contribution in [2.45, 2.75) is 38.6 Å². The Bertz CT molecular complexity index is 465. The zero-order chi connectivity index (χ0) is 13.8. The number of rotatable bonds is 2. The third-order valence-electron chi connectivity index (χ3n) is 3.53. The minimum atomic E-state index is 0.542. The number of thiocarbonyl (C=S) groups is 1. The SMILES string of the molecule is CC[C@H]1CCCCN1C(=S)Nc1ccc(Cl)cc1Cl. The normalized spacial score (nSPS) is 19.3. The first-order chi connectivity index (χ1) is 9.11. The van der Waals surface area contributed by atoms with E-state index >= 15 is 0 Å². The van der Waals surface area contributed by atoms with Crippen molar-refractivity contribution >= 4 is 46.2 Å². The third kappa shape index (κ3) is 3.74. The van der Waals surface area contributed by atoms with Gasteiger partial charge in [-0.2, -0.15) is 0 Å². The Morgan fingerprint density at radius 2 is 2.21 bits per heavy atom. The van der Waals surface area contributed by atoms with Crippen molar-refractivity contribution in [3.63, 3.8) is 0 Å². The first-order valence-electron chi connectivity index (χ1n) is 6.64. The van der Waals surface area contributed by atoms with Crippen LogP contribution in [0.4, 0.5) is 5.69 Å². The molecule has 1 aliphatic rings. The van der Waals surface area contributed by atoms with Gasteiger partial charge in [0, 0.05) is 17.6 Å². The summed E-state index contributed by atoms with van der Waals surface area (Å²) in [5.74, 6) is 0. The lowest BCUT2D eigenvalue weighted by atomic mass is 10.0. The summed E-state index contributed by atoms with van der Waals surface area (Å²) in [6, 6.07) is 5.94. The summed E-state index contributed by atoms with van der Waals surface area (Å²) in [4.78, 5) is 2.28. The van der Waals surface area contributed by atoms with Gasteiger partial charge in [0.1, 0.15) is 0 Å². The third-order valence-corrected chi connectivity index (χ3v) is 4.42. The summed E-state index contributed by atoms with van der Waals surface area (Å²) in [5.41, 5.74) is 0.816. The van der Waals surface area contributed by atoms with Gasteiger partial charge in [-0.1, -0.05) is 30.1 Å². The average molecular weight is 317 g/mol. The molecule has 0 unspecified atom stereocenters. The molecule has 2 rings (SSSR count). The van der Waals surface area contributed by atoms with Crippen molar-refractivity contribution in [1.29, 1.82) is 0 Å². The van der Waals surface area contributed by atoms with E-state index in [2.05, 4.69) is 17.1 Å². The van der Waals surface area contributed by atoms with Crippen molar-refractivity contribution in [3.8, 4) is 0 Å². The molecule has 0 spiro atoms. The van der Waals surface area contributed by atoms with Crippen LogP contribution in [0.15, 0.2) is 18.2 Å². The first-order valence-corrected chi connectivity index (χ1v) is 7.81. The number of hydrogen-bond acceptors (Lipinski definition) is 1. The van der Waals surface area contributed by atoms with Crippen LogP contribution in [0.25, 0.3) is 0 Å². The summed E-state index contributed by atoms with van der Waals surface area (Å²) in [6.45, 7) is 3.23. The van der Waals surface area contributed by atoms with Crippen LogP contribution in [0, 0.1) is 0 Å². The Labute approximate surface area is 130 Å². The van der Waals surface area contributed by atoms with Gasteiger partial charge in [-0.3, -0.25) is 0 Å². The number of piperidine rings is 1. The zero-order valence-electron chi connectivity index (χ0n) is 11.0. The highest BCUT2D eigenvalue weighted by Gasteiger charge is 2.23. The lowest BCUT2D eigenvalue weighted by Gasteiger charge is -2.37. The molecule has 1 N–H and O–H groups in total. The molecule has 1 heterocycles. The molecule has 0 aromatic heterocycles. The fraction of sp³-hybridized carbons (Fsp3) is 0.500. The van der Waals surface area contributed by atoms with E-state index in [1.165, 1.54) is 19.3 Å². The molecule has 1 aromatic rings. The minimum absolute atomic E-state index is 0.542. The van der Waals surface area contributed by atoms with Crippen molar-refractivity contribution < 1.29 is 0 Å². The number of benzene rings is 1. The van der Waals surface area contributed by atoms with Crippen molar-refractivity contribution in [1.82, 2.24) is 4.90 Å². The highest BCUT2D eigenvalue weighted by Crippen LogP contribution is 2.27. The fourth-order valence-corrected chi connectivity index (χ4v) is 3.28. The molecule has 0 bridgehead atoms. The molecule has 0 amide bonds. The Balaban J connectivity index is 2.07. The van der Waals surface area contributed by atoms with E-state index in [9.17, 15) is 0 Å². The summed E-state index contributed by atoms with van der Waals surface area (Å²) in [6.07, 6.45) is 4.83. The zero-order valence-corrected chi connectivity index (χ0v) is 13.3. The van der Waals surface area contributed by atoms with Crippen molar-refractivity contribution in [2.24, 2.45) is 0 Å². The number of anilines is 1. The van der Waals surface area contributed by atoms with Crippen LogP contribution in [0.5, 0.6) is 0 Å². The molecule has 1 fully saturated rings. The van der Waals surface area contributed by atoms with E-state index in [1.807, 2.05) is 12.1 Å². The number of halogens is 2. The van der Waals surface area contributed by atoms with Gasteiger partial charge >= 0.3 is 0 Å². The lowest BCUT2D eigenvalue weighted by Crippen LogP contribution is -2.45. The second kappa shape index (κ2) is 6.78. The number of hydrogen-bond donors (Lipinski definition) is 1. The molecular weight excluding hydrogens is 299 g/mol. The van der Waals surface area contributed by atoms with Crippen molar-refractivity contribution in [2.75, 3.05) is 11.9 Å². The van der Waals surface area contributed by atoms with Gasteiger partial charge in [0.25, 0.3) is 0 Å². The topological polar surface area (TPSA) is 15.3 Å². The van der Waals surface area contributed by atoms with Crippen LogP contribution < -0.4 is 5.32 Å². The molecule has 1 aromatic carbocycles. The van der Waals surface area contributed by atoms with Gasteiger partial charge in [-0.05, 0) is 56.1 Å². The fourth-order valence-electron chi connectivity index (χ4n) is 2.47. The highest BCUT2D eigenvalue weighted by atomic mass is 35.5. The average Bonchev–Trinajstić information content (AvgIpc) is 2.41. The lowest BCUT2D eigenvalue weighted by molar-refractivity contribution is 0.239. The van der Waals surface area contributed by atoms with E-state index < -0.39 is 0 Å². The number of nitrogens with zero attached hydrogens (tertiary/aromatic N) is 1. The molecule has 1 atom stereocenters. The predicted octanol–water partition coefficient (Wildman–Crippen LogP) is 4.95.